The first-order chi connectivity index (χ1) is 7.70. The molecule has 1 aromatic rings. The average Bonchev–Trinajstić information content (AvgIpc) is 2.66. The summed E-state index contributed by atoms with van der Waals surface area (Å²) in [5.74, 6) is 2.41. The molecule has 1 saturated carbocycles. The third-order valence-corrected chi connectivity index (χ3v) is 4.16. The molecule has 3 N–H and O–H groups in total. The molecular formula is C11H19N3OS. The molecule has 90 valence electrons. The van der Waals surface area contributed by atoms with E-state index >= 15 is 0 Å². The van der Waals surface area contributed by atoms with Crippen molar-refractivity contribution in [1.29, 1.82) is 0 Å². The lowest BCUT2D eigenvalue weighted by Gasteiger charge is -2.31. The van der Waals surface area contributed by atoms with Crippen LogP contribution in [0.3, 0.4) is 0 Å². The summed E-state index contributed by atoms with van der Waals surface area (Å²) in [5.41, 5.74) is 5.83. The van der Waals surface area contributed by atoms with Gasteiger partial charge in [-0.2, -0.15) is 4.37 Å². The van der Waals surface area contributed by atoms with Crippen molar-refractivity contribution in [1.82, 2.24) is 9.36 Å². The van der Waals surface area contributed by atoms with E-state index in [2.05, 4.69) is 16.3 Å². The highest BCUT2D eigenvalue weighted by molar-refractivity contribution is 7.02. The molecule has 1 fully saturated rings. The number of H-pyrrole nitrogens is 1. The number of hydrogen-bond acceptors (Lipinski definition) is 4. The Balaban J connectivity index is 2.12. The topological polar surface area (TPSA) is 71.8 Å². The number of nitrogens with zero attached hydrogens (tertiary/aromatic N) is 1. The highest BCUT2D eigenvalue weighted by atomic mass is 32.1. The van der Waals surface area contributed by atoms with Crippen LogP contribution in [-0.4, -0.2) is 15.9 Å². The Morgan fingerprint density at radius 1 is 1.62 bits per heavy atom. The van der Waals surface area contributed by atoms with Gasteiger partial charge < -0.3 is 5.73 Å². The summed E-state index contributed by atoms with van der Waals surface area (Å²) < 4.78 is 4.18. The third-order valence-electron chi connectivity index (χ3n) is 3.61. The van der Waals surface area contributed by atoms with E-state index in [0.29, 0.717) is 12.5 Å². The maximum Gasteiger partial charge on any atom is 0.323 e. The largest absolute Gasteiger partial charge is 0.330 e. The molecule has 2 rings (SSSR count). The molecule has 16 heavy (non-hydrogen) atoms. The van der Waals surface area contributed by atoms with Gasteiger partial charge in [-0.25, -0.2) is 0 Å². The van der Waals surface area contributed by atoms with Gasteiger partial charge in [0.1, 0.15) is 5.82 Å². The molecule has 0 saturated heterocycles. The number of nitrogens with two attached hydrogens (primary N) is 1. The molecule has 1 aromatic heterocycles. The molecule has 3 atom stereocenters. The van der Waals surface area contributed by atoms with E-state index in [1.165, 1.54) is 25.7 Å². The second kappa shape index (κ2) is 5.10. The van der Waals surface area contributed by atoms with Crippen molar-refractivity contribution in [2.75, 3.05) is 6.54 Å². The lowest BCUT2D eigenvalue weighted by Crippen LogP contribution is -2.27. The minimum Gasteiger partial charge on any atom is -0.330 e. The Hall–Kier alpha value is -0.680. The van der Waals surface area contributed by atoms with Gasteiger partial charge in [0.15, 0.2) is 0 Å². The molecular weight excluding hydrogens is 222 g/mol. The molecule has 1 aliphatic carbocycles. The zero-order valence-electron chi connectivity index (χ0n) is 9.61. The third kappa shape index (κ3) is 2.52. The first kappa shape index (κ1) is 11.8. The Morgan fingerprint density at radius 3 is 3.00 bits per heavy atom. The van der Waals surface area contributed by atoms with Crippen molar-refractivity contribution in [2.24, 2.45) is 17.6 Å². The second-order valence-corrected chi connectivity index (χ2v) is 5.59. The summed E-state index contributed by atoms with van der Waals surface area (Å²) in [7, 11) is 0. The fraction of sp³-hybridized carbons (Fsp3) is 0.818. The van der Waals surface area contributed by atoms with Gasteiger partial charge in [0.2, 0.25) is 0 Å². The van der Waals surface area contributed by atoms with Gasteiger partial charge in [0, 0.05) is 24.0 Å². The van der Waals surface area contributed by atoms with E-state index in [9.17, 15) is 4.79 Å². The van der Waals surface area contributed by atoms with Crippen molar-refractivity contribution in [3.63, 3.8) is 0 Å². The van der Waals surface area contributed by atoms with Crippen LogP contribution in [0.15, 0.2) is 4.79 Å². The van der Waals surface area contributed by atoms with Crippen LogP contribution in [0.1, 0.15) is 44.3 Å². The van der Waals surface area contributed by atoms with Crippen molar-refractivity contribution >= 4 is 11.5 Å². The maximum atomic E-state index is 11.1. The lowest BCUT2D eigenvalue weighted by molar-refractivity contribution is 0.244. The minimum absolute atomic E-state index is 0.0719. The zero-order chi connectivity index (χ0) is 11.5. The van der Waals surface area contributed by atoms with Gasteiger partial charge >= 0.3 is 4.87 Å². The normalized spacial score (nSPS) is 27.9. The number of rotatable bonds is 3. The summed E-state index contributed by atoms with van der Waals surface area (Å²) in [6, 6.07) is 0. The monoisotopic (exact) mass is 241 g/mol. The van der Waals surface area contributed by atoms with E-state index in [0.717, 1.165) is 23.3 Å². The lowest BCUT2D eigenvalue weighted by atomic mass is 9.75. The standard InChI is InChI=1S/C11H19N3OS/c1-7-3-2-4-8(5-7)9(6-12)10-13-11(15)16-14-10/h7-9H,2-6,12H2,1H3,(H,13,14,15)/t7-,8+,9+/m0/s1. The van der Waals surface area contributed by atoms with Gasteiger partial charge in [-0.05, 0) is 24.7 Å². The van der Waals surface area contributed by atoms with Gasteiger partial charge in [-0.3, -0.25) is 9.78 Å². The number of hydrogen-bond donors (Lipinski definition) is 2. The molecule has 1 aliphatic rings. The highest BCUT2D eigenvalue weighted by Gasteiger charge is 2.28. The first-order valence-corrected chi connectivity index (χ1v) is 6.74. The predicted molar refractivity (Wildman–Crippen MR) is 65.7 cm³/mol. The Morgan fingerprint density at radius 2 is 2.44 bits per heavy atom. The average molecular weight is 241 g/mol. The molecule has 5 heteroatoms. The van der Waals surface area contributed by atoms with Crippen LogP contribution >= 0.6 is 11.5 Å². The molecule has 0 unspecified atom stereocenters. The van der Waals surface area contributed by atoms with Gasteiger partial charge in [0.05, 0.1) is 0 Å². The van der Waals surface area contributed by atoms with Crippen LogP contribution in [0.25, 0.3) is 0 Å². The summed E-state index contributed by atoms with van der Waals surface area (Å²) in [6.07, 6.45) is 5.02. The maximum absolute atomic E-state index is 11.1. The number of aromatic nitrogens is 2. The Kier molecular flexibility index (Phi) is 3.76. The molecule has 0 radical (unpaired) electrons. The molecule has 4 nitrogen and oxygen atoms in total. The van der Waals surface area contributed by atoms with Crippen LogP contribution in [0, 0.1) is 11.8 Å². The summed E-state index contributed by atoms with van der Waals surface area (Å²) in [6.45, 7) is 2.88. The van der Waals surface area contributed by atoms with Crippen LogP contribution in [0.4, 0.5) is 0 Å². The fourth-order valence-corrected chi connectivity index (χ4v) is 3.29. The molecule has 0 spiro atoms. The summed E-state index contributed by atoms with van der Waals surface area (Å²) in [5, 5.41) is 0. The zero-order valence-corrected chi connectivity index (χ0v) is 10.4. The van der Waals surface area contributed by atoms with Crippen molar-refractivity contribution in [3.05, 3.63) is 15.5 Å². The van der Waals surface area contributed by atoms with Gasteiger partial charge in [-0.1, -0.05) is 19.8 Å². The molecule has 0 aromatic carbocycles. The van der Waals surface area contributed by atoms with E-state index in [1.54, 1.807) is 0 Å². The van der Waals surface area contributed by atoms with Crippen molar-refractivity contribution in [2.45, 2.75) is 38.5 Å². The summed E-state index contributed by atoms with van der Waals surface area (Å²) >= 11 is 0.996. The Bertz CT molecular complexity index is 387. The van der Waals surface area contributed by atoms with Crippen LogP contribution in [0.5, 0.6) is 0 Å². The van der Waals surface area contributed by atoms with Crippen LogP contribution in [-0.2, 0) is 0 Å². The second-order valence-electron chi connectivity index (χ2n) is 4.85. The molecule has 1 heterocycles. The van der Waals surface area contributed by atoms with E-state index in [1.807, 2.05) is 0 Å². The van der Waals surface area contributed by atoms with E-state index in [-0.39, 0.29) is 10.8 Å². The van der Waals surface area contributed by atoms with Gasteiger partial charge in [-0.15, -0.1) is 0 Å². The summed E-state index contributed by atoms with van der Waals surface area (Å²) in [4.78, 5) is 13.9. The molecule has 0 bridgehead atoms. The smallest absolute Gasteiger partial charge is 0.323 e. The molecule has 0 amide bonds. The molecule has 0 aliphatic heterocycles. The van der Waals surface area contributed by atoms with Gasteiger partial charge in [0.25, 0.3) is 0 Å². The quantitative estimate of drug-likeness (QED) is 0.846. The minimum atomic E-state index is -0.0719. The van der Waals surface area contributed by atoms with Crippen molar-refractivity contribution in [3.8, 4) is 0 Å². The number of aromatic amines is 1. The Labute approximate surface area is 99.4 Å². The van der Waals surface area contributed by atoms with Crippen LogP contribution in [0.2, 0.25) is 0 Å². The fourth-order valence-electron chi connectivity index (χ4n) is 2.78. The first-order valence-electron chi connectivity index (χ1n) is 5.96. The highest BCUT2D eigenvalue weighted by Crippen LogP contribution is 2.36. The SMILES string of the molecule is C[C@H]1CCC[C@@H]([C@@H](CN)c2nsc(=O)[nH]2)C1. The van der Waals surface area contributed by atoms with Crippen LogP contribution < -0.4 is 10.6 Å². The number of nitrogens with one attached hydrogen (secondary N) is 1. The van der Waals surface area contributed by atoms with E-state index in [4.69, 9.17) is 5.73 Å². The van der Waals surface area contributed by atoms with Crippen molar-refractivity contribution < 1.29 is 0 Å². The van der Waals surface area contributed by atoms with E-state index < -0.39 is 0 Å². The predicted octanol–water partition coefficient (Wildman–Crippen LogP) is 1.70.